The van der Waals surface area contributed by atoms with Gasteiger partial charge >= 0.3 is 0 Å². The molecule has 0 N–H and O–H groups in total. The second-order valence-corrected chi connectivity index (χ2v) is 7.39. The minimum atomic E-state index is 0.0558. The summed E-state index contributed by atoms with van der Waals surface area (Å²) in [6.07, 6.45) is 1.07. The second-order valence-electron chi connectivity index (χ2n) is 6.03. The third-order valence-electron chi connectivity index (χ3n) is 4.28. The monoisotopic (exact) mass is 392 g/mol. The van der Waals surface area contributed by atoms with Crippen LogP contribution in [0.25, 0.3) is 0 Å². The van der Waals surface area contributed by atoms with Crippen LogP contribution in [0.15, 0.2) is 41.8 Å². The second kappa shape index (κ2) is 9.05. The van der Waals surface area contributed by atoms with E-state index in [2.05, 4.69) is 0 Å². The molecule has 1 saturated heterocycles. The Morgan fingerprint density at radius 2 is 1.77 bits per heavy atom. The lowest BCUT2D eigenvalue weighted by atomic mass is 10.2. The van der Waals surface area contributed by atoms with Crippen molar-refractivity contribution in [2.75, 3.05) is 32.8 Å². The van der Waals surface area contributed by atoms with Gasteiger partial charge in [0.05, 0.1) is 16.5 Å². The number of piperazine rings is 1. The van der Waals surface area contributed by atoms with E-state index in [4.69, 9.17) is 16.3 Å². The molecule has 138 valence electrons. The van der Waals surface area contributed by atoms with Crippen molar-refractivity contribution in [3.63, 3.8) is 0 Å². The van der Waals surface area contributed by atoms with E-state index in [0.29, 0.717) is 56.4 Å². The van der Waals surface area contributed by atoms with Gasteiger partial charge in [-0.1, -0.05) is 29.8 Å². The molecule has 0 aliphatic carbocycles. The number of benzene rings is 1. The van der Waals surface area contributed by atoms with E-state index in [1.807, 2.05) is 45.5 Å². The van der Waals surface area contributed by atoms with Crippen LogP contribution in [-0.4, -0.2) is 54.4 Å². The van der Waals surface area contributed by atoms with Gasteiger partial charge in [0.1, 0.15) is 5.75 Å². The Morgan fingerprint density at radius 1 is 1.04 bits per heavy atom. The predicted octanol–water partition coefficient (Wildman–Crippen LogP) is 3.55. The summed E-state index contributed by atoms with van der Waals surface area (Å²) in [4.78, 5) is 29.0. The minimum absolute atomic E-state index is 0.0558. The molecule has 2 aromatic rings. The Hall–Kier alpha value is -2.05. The van der Waals surface area contributed by atoms with Gasteiger partial charge in [-0.15, -0.1) is 11.3 Å². The molecule has 2 heterocycles. The molecule has 5 nitrogen and oxygen atoms in total. The van der Waals surface area contributed by atoms with E-state index in [9.17, 15) is 9.59 Å². The van der Waals surface area contributed by atoms with Gasteiger partial charge in [-0.2, -0.15) is 0 Å². The van der Waals surface area contributed by atoms with Gasteiger partial charge in [-0.25, -0.2) is 0 Å². The molecule has 1 fully saturated rings. The highest BCUT2D eigenvalue weighted by Gasteiger charge is 2.24. The molecule has 26 heavy (non-hydrogen) atoms. The number of halogens is 1. The Balaban J connectivity index is 1.37. The zero-order valence-electron chi connectivity index (χ0n) is 14.4. The van der Waals surface area contributed by atoms with Crippen LogP contribution in [-0.2, 0) is 4.79 Å². The van der Waals surface area contributed by atoms with Crippen LogP contribution in [0.4, 0.5) is 0 Å². The van der Waals surface area contributed by atoms with E-state index in [1.54, 1.807) is 6.07 Å². The van der Waals surface area contributed by atoms with E-state index >= 15 is 0 Å². The van der Waals surface area contributed by atoms with E-state index in [1.165, 1.54) is 11.3 Å². The summed E-state index contributed by atoms with van der Waals surface area (Å²) in [5.41, 5.74) is 0. The normalized spacial score (nSPS) is 14.3. The summed E-state index contributed by atoms with van der Waals surface area (Å²) in [5.74, 6) is 0.804. The number of hydrogen-bond acceptors (Lipinski definition) is 4. The molecule has 0 spiro atoms. The number of carbonyl (C=O) groups excluding carboxylic acids is 2. The largest absolute Gasteiger partial charge is 0.492 e. The Bertz CT molecular complexity index is 743. The highest BCUT2D eigenvalue weighted by molar-refractivity contribution is 7.12. The van der Waals surface area contributed by atoms with Gasteiger partial charge in [0.25, 0.3) is 5.91 Å². The molecule has 1 aromatic heterocycles. The summed E-state index contributed by atoms with van der Waals surface area (Å²) < 4.78 is 5.61. The molecular weight excluding hydrogens is 372 g/mol. The minimum Gasteiger partial charge on any atom is -0.492 e. The highest BCUT2D eigenvalue weighted by atomic mass is 35.5. The van der Waals surface area contributed by atoms with Gasteiger partial charge in [-0.05, 0) is 30.0 Å². The highest BCUT2D eigenvalue weighted by Crippen LogP contribution is 2.23. The number of thiophene rings is 1. The maximum Gasteiger partial charge on any atom is 0.264 e. The first-order valence-corrected chi connectivity index (χ1v) is 9.89. The fraction of sp³-hybridized carbons (Fsp3) is 0.368. The molecule has 0 bridgehead atoms. The van der Waals surface area contributed by atoms with Crippen LogP contribution in [0.2, 0.25) is 5.02 Å². The van der Waals surface area contributed by atoms with Crippen LogP contribution in [0.5, 0.6) is 5.75 Å². The molecule has 0 radical (unpaired) electrons. The third-order valence-corrected chi connectivity index (χ3v) is 5.45. The summed E-state index contributed by atoms with van der Waals surface area (Å²) in [5, 5.41) is 2.47. The van der Waals surface area contributed by atoms with Crippen molar-refractivity contribution in [1.29, 1.82) is 0 Å². The first-order chi connectivity index (χ1) is 12.6. The fourth-order valence-electron chi connectivity index (χ4n) is 2.84. The van der Waals surface area contributed by atoms with Crippen molar-refractivity contribution in [1.82, 2.24) is 9.80 Å². The van der Waals surface area contributed by atoms with E-state index in [0.717, 1.165) is 4.88 Å². The number of rotatable bonds is 6. The number of para-hydroxylation sites is 1. The summed E-state index contributed by atoms with van der Waals surface area (Å²) in [6.45, 7) is 2.78. The van der Waals surface area contributed by atoms with Crippen molar-refractivity contribution in [3.8, 4) is 5.75 Å². The van der Waals surface area contributed by atoms with Crippen molar-refractivity contribution in [2.45, 2.75) is 12.8 Å². The summed E-state index contributed by atoms with van der Waals surface area (Å²) in [6, 6.07) is 11.0. The fourth-order valence-corrected chi connectivity index (χ4v) is 3.72. The van der Waals surface area contributed by atoms with Gasteiger partial charge in [-0.3, -0.25) is 9.59 Å². The quantitative estimate of drug-likeness (QED) is 0.706. The van der Waals surface area contributed by atoms with Crippen LogP contribution in [0.1, 0.15) is 22.5 Å². The number of nitrogens with zero attached hydrogens (tertiary/aromatic N) is 2. The molecule has 0 unspecified atom stereocenters. The maximum absolute atomic E-state index is 12.3. The lowest BCUT2D eigenvalue weighted by Crippen LogP contribution is -2.50. The SMILES string of the molecule is O=C(CCCOc1ccccc1Cl)N1CCN(C(=O)c2cccs2)CC1. The lowest BCUT2D eigenvalue weighted by molar-refractivity contribution is -0.132. The Morgan fingerprint density at radius 3 is 2.46 bits per heavy atom. The molecule has 1 aliphatic rings. The van der Waals surface area contributed by atoms with Crippen LogP contribution >= 0.6 is 22.9 Å². The molecule has 1 aliphatic heterocycles. The number of carbonyl (C=O) groups is 2. The van der Waals surface area contributed by atoms with E-state index < -0.39 is 0 Å². The summed E-state index contributed by atoms with van der Waals surface area (Å²) in [7, 11) is 0. The van der Waals surface area contributed by atoms with Crippen LogP contribution in [0, 0.1) is 0 Å². The van der Waals surface area contributed by atoms with Gasteiger partial charge in [0, 0.05) is 32.6 Å². The first-order valence-electron chi connectivity index (χ1n) is 8.63. The van der Waals surface area contributed by atoms with Crippen molar-refractivity contribution < 1.29 is 14.3 Å². The zero-order chi connectivity index (χ0) is 18.4. The lowest BCUT2D eigenvalue weighted by Gasteiger charge is -2.34. The standard InChI is InChI=1S/C19H21ClN2O3S/c20-15-5-1-2-6-16(15)25-13-3-8-18(23)21-9-11-22(12-10-21)19(24)17-7-4-14-26-17/h1-2,4-7,14H,3,8-13H2. The summed E-state index contributed by atoms with van der Waals surface area (Å²) >= 11 is 7.48. The number of ether oxygens (including phenoxy) is 1. The third kappa shape index (κ3) is 4.77. The average molecular weight is 393 g/mol. The van der Waals surface area contributed by atoms with Gasteiger partial charge in [0.2, 0.25) is 5.91 Å². The van der Waals surface area contributed by atoms with E-state index in [-0.39, 0.29) is 11.8 Å². The predicted molar refractivity (Wildman–Crippen MR) is 103 cm³/mol. The van der Waals surface area contributed by atoms with Crippen molar-refractivity contribution in [2.24, 2.45) is 0 Å². The van der Waals surface area contributed by atoms with Crippen LogP contribution < -0.4 is 4.74 Å². The Kier molecular flexibility index (Phi) is 6.52. The number of amides is 2. The van der Waals surface area contributed by atoms with Crippen molar-refractivity contribution in [3.05, 3.63) is 51.7 Å². The maximum atomic E-state index is 12.3. The molecule has 0 saturated carbocycles. The molecule has 1 aromatic carbocycles. The van der Waals surface area contributed by atoms with Crippen molar-refractivity contribution >= 4 is 34.8 Å². The van der Waals surface area contributed by atoms with Crippen LogP contribution in [0.3, 0.4) is 0 Å². The number of hydrogen-bond donors (Lipinski definition) is 0. The molecule has 2 amide bonds. The topological polar surface area (TPSA) is 49.9 Å². The molecule has 3 rings (SSSR count). The molecule has 0 atom stereocenters. The molecule has 7 heteroatoms. The zero-order valence-corrected chi connectivity index (χ0v) is 16.0. The first kappa shape index (κ1) is 18.7. The average Bonchev–Trinajstić information content (AvgIpc) is 3.20. The van der Waals surface area contributed by atoms with Gasteiger partial charge < -0.3 is 14.5 Å². The molecular formula is C19H21ClN2O3S. The smallest absolute Gasteiger partial charge is 0.264 e. The Labute approximate surface area is 162 Å². The van der Waals surface area contributed by atoms with Gasteiger partial charge in [0.15, 0.2) is 0 Å².